The third kappa shape index (κ3) is 5.11. The van der Waals surface area contributed by atoms with Gasteiger partial charge in [0.05, 0.1) is 37.5 Å². The van der Waals surface area contributed by atoms with E-state index in [1.807, 2.05) is 18.3 Å². The second-order valence-electron chi connectivity index (χ2n) is 9.70. The Bertz CT molecular complexity index is 1290. The molecule has 0 radical (unpaired) electrons. The first-order valence-electron chi connectivity index (χ1n) is 12.7. The van der Waals surface area contributed by atoms with Gasteiger partial charge in [-0.1, -0.05) is 0 Å². The lowest BCUT2D eigenvalue weighted by Gasteiger charge is -2.28. The maximum atomic E-state index is 14.1. The molecule has 0 unspecified atom stereocenters. The van der Waals surface area contributed by atoms with Crippen LogP contribution in [0, 0.1) is 11.7 Å². The Morgan fingerprint density at radius 1 is 1.08 bits per heavy atom. The monoisotopic (exact) mass is 509 g/mol. The molecule has 1 aliphatic carbocycles. The van der Waals surface area contributed by atoms with Gasteiger partial charge in [0, 0.05) is 36.0 Å². The minimum Gasteiger partial charge on any atom is -0.496 e. The number of aromatic nitrogens is 2. The zero-order valence-corrected chi connectivity index (χ0v) is 21.1. The first kappa shape index (κ1) is 25.0. The molecule has 2 N–H and O–H groups in total. The summed E-state index contributed by atoms with van der Waals surface area (Å²) in [5.74, 6) is -0.0163. The highest BCUT2D eigenvalue weighted by molar-refractivity contribution is 6.01. The summed E-state index contributed by atoms with van der Waals surface area (Å²) in [6.07, 6.45) is 8.11. The Labute approximate surface area is 214 Å². The summed E-state index contributed by atoms with van der Waals surface area (Å²) in [6, 6.07) is 8.54. The van der Waals surface area contributed by atoms with Crippen LogP contribution in [0.2, 0.25) is 0 Å². The van der Waals surface area contributed by atoms with E-state index in [0.717, 1.165) is 43.5 Å². The molecule has 9 nitrogen and oxygen atoms in total. The molecule has 1 aromatic carbocycles. The highest BCUT2D eigenvalue weighted by Gasteiger charge is 2.30. The maximum absolute atomic E-state index is 14.1. The SMILES string of the molecule is CONC(=O)C1CCC(NC(=O)c2cnn3ccc(N4CCC[C@@H]4c4cc(F)ccc4OC)cc23)CC1. The van der Waals surface area contributed by atoms with Crippen molar-refractivity contribution in [2.24, 2.45) is 5.92 Å². The van der Waals surface area contributed by atoms with E-state index in [9.17, 15) is 14.0 Å². The second kappa shape index (κ2) is 10.8. The van der Waals surface area contributed by atoms with E-state index in [0.29, 0.717) is 29.7 Å². The average Bonchev–Trinajstić information content (AvgIpc) is 3.56. The number of hydroxylamine groups is 1. The number of anilines is 1. The molecular formula is C27H32FN5O4. The first-order chi connectivity index (χ1) is 18.0. The molecule has 2 amide bonds. The van der Waals surface area contributed by atoms with Crippen molar-refractivity contribution in [2.75, 3.05) is 25.7 Å². The highest BCUT2D eigenvalue weighted by Crippen LogP contribution is 2.40. The van der Waals surface area contributed by atoms with Crippen LogP contribution in [0.5, 0.6) is 5.75 Å². The number of fused-ring (bicyclic) bond motifs is 1. The predicted molar refractivity (Wildman–Crippen MR) is 136 cm³/mol. The summed E-state index contributed by atoms with van der Waals surface area (Å²) >= 11 is 0. The zero-order valence-electron chi connectivity index (χ0n) is 21.1. The van der Waals surface area contributed by atoms with E-state index in [4.69, 9.17) is 9.57 Å². The van der Waals surface area contributed by atoms with Gasteiger partial charge < -0.3 is 15.0 Å². The number of hydrogen-bond acceptors (Lipinski definition) is 6. The van der Waals surface area contributed by atoms with Gasteiger partial charge in [-0.05, 0) is 68.9 Å². The fraction of sp³-hybridized carbons (Fsp3) is 0.444. The summed E-state index contributed by atoms with van der Waals surface area (Å²) in [7, 11) is 3.02. The summed E-state index contributed by atoms with van der Waals surface area (Å²) in [6.45, 7) is 0.816. The van der Waals surface area contributed by atoms with Gasteiger partial charge >= 0.3 is 0 Å². The molecule has 5 rings (SSSR count). The van der Waals surface area contributed by atoms with Crippen molar-refractivity contribution in [1.82, 2.24) is 20.4 Å². The summed E-state index contributed by atoms with van der Waals surface area (Å²) in [4.78, 5) is 32.2. The van der Waals surface area contributed by atoms with Crippen LogP contribution in [-0.2, 0) is 9.63 Å². The average molecular weight is 510 g/mol. The topological polar surface area (TPSA) is 97.2 Å². The van der Waals surface area contributed by atoms with Crippen LogP contribution < -0.4 is 20.4 Å². The van der Waals surface area contributed by atoms with E-state index in [-0.39, 0.29) is 35.6 Å². The third-order valence-corrected chi connectivity index (χ3v) is 7.52. The lowest BCUT2D eigenvalue weighted by molar-refractivity contribution is -0.136. The van der Waals surface area contributed by atoms with Crippen LogP contribution in [0.15, 0.2) is 42.7 Å². The van der Waals surface area contributed by atoms with Crippen LogP contribution in [0.25, 0.3) is 5.52 Å². The third-order valence-electron chi connectivity index (χ3n) is 7.52. The van der Waals surface area contributed by atoms with Crippen LogP contribution in [-0.4, -0.2) is 48.2 Å². The van der Waals surface area contributed by atoms with E-state index in [1.54, 1.807) is 30.0 Å². The molecule has 196 valence electrons. The molecule has 1 saturated heterocycles. The second-order valence-corrected chi connectivity index (χ2v) is 9.70. The Balaban J connectivity index is 1.33. The molecule has 1 saturated carbocycles. The van der Waals surface area contributed by atoms with Crippen LogP contribution in [0.1, 0.15) is 60.5 Å². The van der Waals surface area contributed by atoms with Crippen LogP contribution >= 0.6 is 0 Å². The summed E-state index contributed by atoms with van der Waals surface area (Å²) in [5, 5.41) is 7.50. The van der Waals surface area contributed by atoms with Gasteiger partial charge in [-0.3, -0.25) is 14.4 Å². The minimum atomic E-state index is -0.291. The van der Waals surface area contributed by atoms with Crippen molar-refractivity contribution >= 4 is 23.0 Å². The smallest absolute Gasteiger partial charge is 0.255 e. The van der Waals surface area contributed by atoms with Crippen molar-refractivity contribution in [2.45, 2.75) is 50.6 Å². The van der Waals surface area contributed by atoms with E-state index < -0.39 is 0 Å². The highest BCUT2D eigenvalue weighted by atomic mass is 19.1. The van der Waals surface area contributed by atoms with E-state index in [2.05, 4.69) is 20.8 Å². The number of carbonyl (C=O) groups is 2. The van der Waals surface area contributed by atoms with Crippen molar-refractivity contribution in [1.29, 1.82) is 0 Å². The van der Waals surface area contributed by atoms with Gasteiger partial charge in [0.1, 0.15) is 11.6 Å². The number of halogens is 1. The number of benzene rings is 1. The van der Waals surface area contributed by atoms with Crippen molar-refractivity contribution in [3.63, 3.8) is 0 Å². The molecule has 3 heterocycles. The Morgan fingerprint density at radius 3 is 2.65 bits per heavy atom. The Kier molecular flexibility index (Phi) is 7.27. The fourth-order valence-electron chi connectivity index (χ4n) is 5.63. The van der Waals surface area contributed by atoms with Crippen molar-refractivity contribution in [3.8, 4) is 5.75 Å². The largest absolute Gasteiger partial charge is 0.496 e. The first-order valence-corrected chi connectivity index (χ1v) is 12.7. The number of ether oxygens (including phenoxy) is 1. The van der Waals surface area contributed by atoms with Gasteiger partial charge in [-0.25, -0.2) is 14.4 Å². The number of rotatable bonds is 7. The standard InChI is InChI=1S/C27H32FN5O4/c1-36-25-10-7-18(28)14-21(25)23-4-3-12-32(23)20-11-13-33-24(15-20)22(16-29-33)27(35)30-19-8-5-17(6-9-19)26(34)31-37-2/h7,10-11,13-17,19,23H,3-6,8-9,12H2,1-2H3,(H,30,35)(H,31,34)/t17?,19?,23-/m1/s1. The number of carbonyl (C=O) groups excluding carboxylic acids is 2. The molecule has 0 bridgehead atoms. The Morgan fingerprint density at radius 2 is 1.89 bits per heavy atom. The summed E-state index contributed by atoms with van der Waals surface area (Å²) in [5.41, 5.74) is 5.37. The molecule has 1 atom stereocenters. The maximum Gasteiger partial charge on any atom is 0.255 e. The number of nitrogens with zero attached hydrogens (tertiary/aromatic N) is 3. The summed E-state index contributed by atoms with van der Waals surface area (Å²) < 4.78 is 21.3. The van der Waals surface area contributed by atoms with E-state index in [1.165, 1.54) is 13.2 Å². The molecular weight excluding hydrogens is 477 g/mol. The van der Waals surface area contributed by atoms with Gasteiger partial charge in [0.25, 0.3) is 5.91 Å². The lowest BCUT2D eigenvalue weighted by atomic mass is 9.85. The lowest BCUT2D eigenvalue weighted by Crippen LogP contribution is -2.40. The molecule has 1 aliphatic heterocycles. The quantitative estimate of drug-likeness (QED) is 0.471. The number of hydrogen-bond donors (Lipinski definition) is 2. The normalized spacial score (nSPS) is 21.7. The zero-order chi connectivity index (χ0) is 25.9. The predicted octanol–water partition coefficient (Wildman–Crippen LogP) is 3.79. The molecule has 0 spiro atoms. The Hall–Kier alpha value is -3.66. The number of amides is 2. The number of pyridine rings is 1. The molecule has 37 heavy (non-hydrogen) atoms. The van der Waals surface area contributed by atoms with Gasteiger partial charge in [-0.15, -0.1) is 0 Å². The van der Waals surface area contributed by atoms with Crippen molar-refractivity contribution < 1.29 is 23.6 Å². The molecule has 2 aliphatic rings. The van der Waals surface area contributed by atoms with E-state index >= 15 is 0 Å². The molecule has 2 fully saturated rings. The van der Waals surface area contributed by atoms with Gasteiger partial charge in [0.15, 0.2) is 0 Å². The number of nitrogens with one attached hydrogen (secondary N) is 2. The van der Waals surface area contributed by atoms with Crippen LogP contribution in [0.3, 0.4) is 0 Å². The molecule has 3 aromatic rings. The minimum absolute atomic E-state index is 0.000585. The van der Waals surface area contributed by atoms with Gasteiger partial charge in [0.2, 0.25) is 5.91 Å². The fourth-order valence-corrected chi connectivity index (χ4v) is 5.63. The van der Waals surface area contributed by atoms with Crippen molar-refractivity contribution in [3.05, 3.63) is 59.7 Å². The molecule has 10 heteroatoms. The molecule has 2 aromatic heterocycles. The van der Waals surface area contributed by atoms with Crippen LogP contribution in [0.4, 0.5) is 10.1 Å². The number of methoxy groups -OCH3 is 1. The van der Waals surface area contributed by atoms with Gasteiger partial charge in [-0.2, -0.15) is 5.10 Å².